The number of benzene rings is 2. The highest BCUT2D eigenvalue weighted by Crippen LogP contribution is 2.48. The molecule has 1 unspecified atom stereocenters. The van der Waals surface area contributed by atoms with Gasteiger partial charge in [0.2, 0.25) is 0 Å². The third-order valence-electron chi connectivity index (χ3n) is 3.45. The SMILES string of the molecule is CCC(N1c2ccccc2Oc2ccccc21)S(=O)(=O)O. The Labute approximate surface area is 123 Å². The van der Waals surface area contributed by atoms with Crippen molar-refractivity contribution < 1.29 is 17.7 Å². The van der Waals surface area contributed by atoms with Gasteiger partial charge in [-0.1, -0.05) is 31.2 Å². The van der Waals surface area contributed by atoms with Gasteiger partial charge in [-0.25, -0.2) is 0 Å². The van der Waals surface area contributed by atoms with Gasteiger partial charge in [-0.15, -0.1) is 0 Å². The van der Waals surface area contributed by atoms with Gasteiger partial charge in [-0.05, 0) is 30.7 Å². The maximum atomic E-state index is 11.8. The van der Waals surface area contributed by atoms with E-state index in [0.717, 1.165) is 0 Å². The molecule has 1 heterocycles. The fraction of sp³-hybridized carbons (Fsp3) is 0.200. The van der Waals surface area contributed by atoms with Gasteiger partial charge in [0.1, 0.15) is 0 Å². The van der Waals surface area contributed by atoms with Crippen LogP contribution in [0.5, 0.6) is 11.5 Å². The molecule has 110 valence electrons. The number of nitrogens with zero attached hydrogens (tertiary/aromatic N) is 1. The monoisotopic (exact) mass is 305 g/mol. The van der Waals surface area contributed by atoms with Gasteiger partial charge in [0.25, 0.3) is 10.1 Å². The minimum atomic E-state index is -4.23. The van der Waals surface area contributed by atoms with Crippen LogP contribution >= 0.6 is 0 Å². The van der Waals surface area contributed by atoms with Crippen molar-refractivity contribution >= 4 is 21.5 Å². The Balaban J connectivity index is 2.24. The van der Waals surface area contributed by atoms with E-state index in [9.17, 15) is 13.0 Å². The Morgan fingerprint density at radius 1 is 1.05 bits per heavy atom. The lowest BCUT2D eigenvalue weighted by atomic mass is 10.1. The number of hydrogen-bond donors (Lipinski definition) is 1. The molecule has 0 radical (unpaired) electrons. The zero-order valence-electron chi connectivity index (χ0n) is 11.4. The Hall–Kier alpha value is -2.05. The largest absolute Gasteiger partial charge is 0.453 e. The summed E-state index contributed by atoms with van der Waals surface area (Å²) in [6.07, 6.45) is 0.251. The van der Waals surface area contributed by atoms with Crippen molar-refractivity contribution in [3.63, 3.8) is 0 Å². The fourth-order valence-electron chi connectivity index (χ4n) is 2.57. The molecule has 0 saturated heterocycles. The normalized spacial score (nSPS) is 14.9. The molecule has 5 nitrogen and oxygen atoms in total. The zero-order valence-corrected chi connectivity index (χ0v) is 12.2. The van der Waals surface area contributed by atoms with E-state index >= 15 is 0 Å². The van der Waals surface area contributed by atoms with Gasteiger partial charge in [0.05, 0.1) is 11.4 Å². The molecular weight excluding hydrogens is 290 g/mol. The molecule has 1 N–H and O–H groups in total. The van der Waals surface area contributed by atoms with Crippen molar-refractivity contribution in [3.8, 4) is 11.5 Å². The summed E-state index contributed by atoms with van der Waals surface area (Å²) in [7, 11) is -4.23. The van der Waals surface area contributed by atoms with Crippen LogP contribution in [-0.4, -0.2) is 18.3 Å². The summed E-state index contributed by atoms with van der Waals surface area (Å²) in [5.74, 6) is 1.14. The van der Waals surface area contributed by atoms with Crippen molar-refractivity contribution in [1.29, 1.82) is 0 Å². The lowest BCUT2D eigenvalue weighted by Crippen LogP contribution is -2.38. The van der Waals surface area contributed by atoms with Crippen LogP contribution in [-0.2, 0) is 10.1 Å². The molecule has 2 aromatic carbocycles. The second kappa shape index (κ2) is 5.05. The number of para-hydroxylation sites is 4. The highest BCUT2D eigenvalue weighted by molar-refractivity contribution is 7.86. The second-order valence-electron chi connectivity index (χ2n) is 4.79. The minimum Gasteiger partial charge on any atom is -0.453 e. The first-order chi connectivity index (χ1) is 10.0. The molecule has 0 aromatic heterocycles. The van der Waals surface area contributed by atoms with Crippen LogP contribution in [0.15, 0.2) is 48.5 Å². The average molecular weight is 305 g/mol. The highest BCUT2D eigenvalue weighted by atomic mass is 32.2. The van der Waals surface area contributed by atoms with Crippen LogP contribution in [0.3, 0.4) is 0 Å². The topological polar surface area (TPSA) is 66.8 Å². The van der Waals surface area contributed by atoms with Crippen molar-refractivity contribution in [2.24, 2.45) is 0 Å². The van der Waals surface area contributed by atoms with Crippen LogP contribution in [0.2, 0.25) is 0 Å². The molecule has 1 aliphatic rings. The molecule has 0 aliphatic carbocycles. The van der Waals surface area contributed by atoms with Crippen LogP contribution < -0.4 is 9.64 Å². The van der Waals surface area contributed by atoms with E-state index in [4.69, 9.17) is 4.74 Å². The molecule has 1 atom stereocenters. The molecule has 21 heavy (non-hydrogen) atoms. The Bertz CT molecular complexity index is 727. The smallest absolute Gasteiger partial charge is 0.286 e. The predicted octanol–water partition coefficient (Wildman–Crippen LogP) is 3.55. The van der Waals surface area contributed by atoms with E-state index in [0.29, 0.717) is 22.9 Å². The molecule has 1 aliphatic heterocycles. The lowest BCUT2D eigenvalue weighted by Gasteiger charge is -2.36. The van der Waals surface area contributed by atoms with Crippen LogP contribution in [0, 0.1) is 0 Å². The molecule has 0 saturated carbocycles. The van der Waals surface area contributed by atoms with Gasteiger partial charge < -0.3 is 9.64 Å². The third-order valence-corrected chi connectivity index (χ3v) is 4.68. The summed E-state index contributed by atoms with van der Waals surface area (Å²) < 4.78 is 38.9. The Morgan fingerprint density at radius 2 is 1.52 bits per heavy atom. The van der Waals surface area contributed by atoms with E-state index in [-0.39, 0.29) is 6.42 Å². The number of rotatable bonds is 3. The number of ether oxygens (including phenoxy) is 1. The minimum absolute atomic E-state index is 0.251. The van der Waals surface area contributed by atoms with E-state index in [1.807, 2.05) is 12.1 Å². The first-order valence-corrected chi connectivity index (χ1v) is 8.14. The average Bonchev–Trinajstić information content (AvgIpc) is 2.46. The van der Waals surface area contributed by atoms with Crippen LogP contribution in [0.4, 0.5) is 11.4 Å². The zero-order chi connectivity index (χ0) is 15.0. The number of fused-ring (bicyclic) bond motifs is 2. The van der Waals surface area contributed by atoms with Crippen molar-refractivity contribution in [2.45, 2.75) is 18.7 Å². The lowest BCUT2D eigenvalue weighted by molar-refractivity contribution is 0.451. The molecule has 0 bridgehead atoms. The molecule has 0 amide bonds. The first-order valence-electron chi connectivity index (χ1n) is 6.64. The van der Waals surface area contributed by atoms with E-state index in [2.05, 4.69) is 0 Å². The highest BCUT2D eigenvalue weighted by Gasteiger charge is 2.35. The van der Waals surface area contributed by atoms with Crippen LogP contribution in [0.1, 0.15) is 13.3 Å². The van der Waals surface area contributed by atoms with E-state index < -0.39 is 15.5 Å². The molecule has 6 heteroatoms. The summed E-state index contributed by atoms with van der Waals surface area (Å²) in [5, 5.41) is -1.05. The molecule has 2 aromatic rings. The molecule has 0 fully saturated rings. The fourth-order valence-corrected chi connectivity index (χ4v) is 3.48. The van der Waals surface area contributed by atoms with Gasteiger partial charge in [0, 0.05) is 0 Å². The maximum absolute atomic E-state index is 11.8. The van der Waals surface area contributed by atoms with E-state index in [1.165, 1.54) is 0 Å². The summed E-state index contributed by atoms with van der Waals surface area (Å²) in [4.78, 5) is 1.61. The van der Waals surface area contributed by atoms with Crippen molar-refractivity contribution in [2.75, 3.05) is 4.90 Å². The first kappa shape index (κ1) is 13.9. The Morgan fingerprint density at radius 3 is 1.95 bits per heavy atom. The number of anilines is 2. The maximum Gasteiger partial charge on any atom is 0.286 e. The quantitative estimate of drug-likeness (QED) is 0.878. The molecular formula is C15H15NO4S. The summed E-state index contributed by atoms with van der Waals surface area (Å²) >= 11 is 0. The standard InChI is InChI=1S/C15H15NO4S/c1-2-15(21(17,18)19)16-11-7-3-5-9-13(11)20-14-10-6-4-8-12(14)16/h3-10,15H,2H2,1H3,(H,17,18,19). The molecule has 3 rings (SSSR count). The summed E-state index contributed by atoms with van der Waals surface area (Å²) in [6, 6.07) is 14.3. The van der Waals surface area contributed by atoms with Gasteiger partial charge in [-0.3, -0.25) is 4.55 Å². The van der Waals surface area contributed by atoms with Gasteiger partial charge >= 0.3 is 0 Å². The van der Waals surface area contributed by atoms with Crippen LogP contribution in [0.25, 0.3) is 0 Å². The Kier molecular flexibility index (Phi) is 3.35. The molecule has 0 spiro atoms. The van der Waals surface area contributed by atoms with Gasteiger partial charge in [-0.2, -0.15) is 8.42 Å². The van der Waals surface area contributed by atoms with Crippen molar-refractivity contribution in [1.82, 2.24) is 0 Å². The summed E-state index contributed by atoms with van der Waals surface area (Å²) in [5.41, 5.74) is 1.25. The van der Waals surface area contributed by atoms with E-state index in [1.54, 1.807) is 48.2 Å². The summed E-state index contributed by atoms with van der Waals surface area (Å²) in [6.45, 7) is 1.72. The predicted molar refractivity (Wildman–Crippen MR) is 80.7 cm³/mol. The van der Waals surface area contributed by atoms with Crippen molar-refractivity contribution in [3.05, 3.63) is 48.5 Å². The van der Waals surface area contributed by atoms with Gasteiger partial charge in [0.15, 0.2) is 16.9 Å². The third kappa shape index (κ3) is 2.36. The number of hydrogen-bond acceptors (Lipinski definition) is 4. The second-order valence-corrected chi connectivity index (χ2v) is 6.36.